The molecule has 0 spiro atoms. The van der Waals surface area contributed by atoms with Crippen LogP contribution in [0.15, 0.2) is 67.2 Å². The molecule has 0 saturated heterocycles. The van der Waals surface area contributed by atoms with Crippen molar-refractivity contribution in [2.24, 2.45) is 0 Å². The Morgan fingerprint density at radius 1 is 0.905 bits per heavy atom. The van der Waals surface area contributed by atoms with E-state index in [-0.39, 0.29) is 23.1 Å². The first-order valence-electron chi connectivity index (χ1n) is 14.0. The predicted octanol–water partition coefficient (Wildman–Crippen LogP) is 10.3. The molecule has 2 N–H and O–H groups in total. The van der Waals surface area contributed by atoms with Gasteiger partial charge in [-0.25, -0.2) is 22.0 Å². The molecule has 3 aromatic rings. The molecule has 3 unspecified atom stereocenters. The van der Waals surface area contributed by atoms with E-state index in [0.29, 0.717) is 28.1 Å². The van der Waals surface area contributed by atoms with Crippen LogP contribution < -0.4 is 10.6 Å². The Morgan fingerprint density at radius 2 is 1.48 bits per heavy atom. The summed E-state index contributed by atoms with van der Waals surface area (Å²) < 4.78 is 73.3. The van der Waals surface area contributed by atoms with Crippen molar-refractivity contribution in [3.63, 3.8) is 0 Å². The highest BCUT2D eigenvalue weighted by molar-refractivity contribution is 5.72. The standard InChI is InChI=1S/C29H29F5N2.2C2H6.CH2O/c1-16-13-21(30)11-12-24(16)36-27(29(5,33)34)23-15-20(28(4,31)32)14-22-18(3)35-26(17(2)25(22)23)19-9-7-6-8-10-19;3*1-2/h6-15,17,26-27,35-36H,3H2,1-2,4-5H3;2*1-2H3;1H2. The number of halogens is 5. The lowest BCUT2D eigenvalue weighted by Gasteiger charge is -2.39. The Morgan fingerprint density at radius 3 is 1.98 bits per heavy atom. The Balaban J connectivity index is 0.00000138. The number of aryl methyl sites for hydroxylation is 1. The second-order valence-electron chi connectivity index (χ2n) is 9.71. The molecule has 1 aliphatic rings. The zero-order valence-electron chi connectivity index (χ0n) is 25.7. The second-order valence-corrected chi connectivity index (χ2v) is 9.71. The molecule has 3 atom stereocenters. The third-order valence-electron chi connectivity index (χ3n) is 6.79. The monoisotopic (exact) mass is 590 g/mol. The van der Waals surface area contributed by atoms with Gasteiger partial charge in [0.15, 0.2) is 0 Å². The minimum absolute atomic E-state index is 0.0660. The van der Waals surface area contributed by atoms with Crippen molar-refractivity contribution in [3.8, 4) is 0 Å². The Hall–Kier alpha value is -3.68. The van der Waals surface area contributed by atoms with Gasteiger partial charge in [-0.1, -0.05) is 71.5 Å². The predicted molar refractivity (Wildman–Crippen MR) is 164 cm³/mol. The molecule has 0 aliphatic carbocycles. The van der Waals surface area contributed by atoms with Gasteiger partial charge < -0.3 is 15.4 Å². The van der Waals surface area contributed by atoms with E-state index >= 15 is 8.78 Å². The van der Waals surface area contributed by atoms with Crippen molar-refractivity contribution in [1.29, 1.82) is 0 Å². The average molecular weight is 591 g/mol. The lowest BCUT2D eigenvalue weighted by atomic mass is 9.76. The summed E-state index contributed by atoms with van der Waals surface area (Å²) in [5.74, 6) is -7.44. The summed E-state index contributed by atoms with van der Waals surface area (Å²) in [7, 11) is 0. The highest BCUT2D eigenvalue weighted by atomic mass is 19.3. The lowest BCUT2D eigenvalue weighted by Crippen LogP contribution is -2.35. The van der Waals surface area contributed by atoms with Crippen LogP contribution in [-0.2, 0) is 10.7 Å². The molecule has 230 valence electrons. The average Bonchev–Trinajstić information content (AvgIpc) is 2.96. The Bertz CT molecular complexity index is 1300. The van der Waals surface area contributed by atoms with Crippen molar-refractivity contribution >= 4 is 18.2 Å². The molecule has 0 fully saturated rings. The molecule has 3 aromatic carbocycles. The first-order chi connectivity index (χ1) is 19.8. The van der Waals surface area contributed by atoms with Crippen molar-refractivity contribution in [1.82, 2.24) is 5.32 Å². The van der Waals surface area contributed by atoms with Crippen molar-refractivity contribution in [2.75, 3.05) is 5.32 Å². The molecular formula is C34H43F5N2O. The quantitative estimate of drug-likeness (QED) is 0.281. The van der Waals surface area contributed by atoms with Gasteiger partial charge in [0.2, 0.25) is 0 Å². The van der Waals surface area contributed by atoms with Gasteiger partial charge in [-0.3, -0.25) is 0 Å². The smallest absolute Gasteiger partial charge is 0.270 e. The van der Waals surface area contributed by atoms with E-state index in [1.165, 1.54) is 30.3 Å². The van der Waals surface area contributed by atoms with Gasteiger partial charge >= 0.3 is 0 Å². The highest BCUT2D eigenvalue weighted by Gasteiger charge is 2.42. The number of anilines is 1. The van der Waals surface area contributed by atoms with Gasteiger partial charge in [-0.05, 0) is 59.5 Å². The van der Waals surface area contributed by atoms with E-state index in [9.17, 15) is 13.2 Å². The van der Waals surface area contributed by atoms with Crippen LogP contribution >= 0.6 is 0 Å². The topological polar surface area (TPSA) is 41.1 Å². The maximum atomic E-state index is 15.2. The number of rotatable bonds is 6. The van der Waals surface area contributed by atoms with Crippen molar-refractivity contribution in [2.45, 2.75) is 85.2 Å². The number of carbonyl (C=O) groups is 1. The normalized spacial score (nSPS) is 16.5. The van der Waals surface area contributed by atoms with Gasteiger partial charge in [-0.15, -0.1) is 0 Å². The molecule has 4 rings (SSSR count). The molecule has 8 heteroatoms. The lowest BCUT2D eigenvalue weighted by molar-refractivity contribution is -0.0980. The molecule has 0 amide bonds. The fraction of sp³-hybridized carbons (Fsp3) is 0.382. The van der Waals surface area contributed by atoms with Gasteiger partial charge in [-0.2, -0.15) is 0 Å². The van der Waals surface area contributed by atoms with E-state index in [1.807, 2.05) is 71.7 Å². The van der Waals surface area contributed by atoms with Crippen molar-refractivity contribution < 1.29 is 26.7 Å². The molecule has 1 aliphatic heterocycles. The van der Waals surface area contributed by atoms with Crippen molar-refractivity contribution in [3.05, 3.63) is 106 Å². The van der Waals surface area contributed by atoms with Crippen LogP contribution in [0.1, 0.15) is 99.8 Å². The number of hydrogen-bond acceptors (Lipinski definition) is 3. The molecule has 1 heterocycles. The molecule has 0 aromatic heterocycles. The summed E-state index contributed by atoms with van der Waals surface area (Å²) in [4.78, 5) is 8.00. The van der Waals surface area contributed by atoms with E-state index < -0.39 is 23.7 Å². The van der Waals surface area contributed by atoms with Crippen LogP contribution in [-0.4, -0.2) is 12.7 Å². The van der Waals surface area contributed by atoms with Crippen LogP contribution in [0.5, 0.6) is 0 Å². The fourth-order valence-electron chi connectivity index (χ4n) is 4.94. The molecular weight excluding hydrogens is 547 g/mol. The molecule has 0 saturated carbocycles. The van der Waals surface area contributed by atoms with E-state index in [4.69, 9.17) is 4.79 Å². The molecule has 0 radical (unpaired) electrons. The third kappa shape index (κ3) is 8.43. The summed E-state index contributed by atoms with van der Waals surface area (Å²) in [6.45, 7) is 19.0. The number of hydrogen-bond donors (Lipinski definition) is 2. The maximum absolute atomic E-state index is 15.2. The van der Waals surface area contributed by atoms with Crippen LogP contribution in [0.25, 0.3) is 5.70 Å². The van der Waals surface area contributed by atoms with Crippen LogP contribution in [0, 0.1) is 12.7 Å². The number of carbonyl (C=O) groups excluding carboxylic acids is 1. The summed E-state index contributed by atoms with van der Waals surface area (Å²) in [5.41, 5.74) is 2.64. The fourth-order valence-corrected chi connectivity index (χ4v) is 4.94. The summed E-state index contributed by atoms with van der Waals surface area (Å²) in [6, 6.07) is 13.8. The first kappa shape index (κ1) is 36.3. The largest absolute Gasteiger partial charge is 0.378 e. The molecule has 3 nitrogen and oxygen atoms in total. The summed E-state index contributed by atoms with van der Waals surface area (Å²) >= 11 is 0. The van der Waals surface area contributed by atoms with E-state index in [2.05, 4.69) is 17.2 Å². The SMILES string of the molecule is C=C1NC(c2ccccc2)C(C)c2c1cc(C(C)(F)F)cc2C(Nc1ccc(F)cc1C)C(C)(F)F.C=O.CC.CC. The van der Waals surface area contributed by atoms with Crippen LogP contribution in [0.2, 0.25) is 0 Å². The van der Waals surface area contributed by atoms with Gasteiger partial charge in [0.25, 0.3) is 11.8 Å². The zero-order chi connectivity index (χ0) is 32.4. The van der Waals surface area contributed by atoms with E-state index in [0.717, 1.165) is 19.4 Å². The van der Waals surface area contributed by atoms with Crippen LogP contribution in [0.3, 0.4) is 0 Å². The van der Waals surface area contributed by atoms with Gasteiger partial charge in [0.05, 0.1) is 6.04 Å². The second kappa shape index (κ2) is 15.5. The van der Waals surface area contributed by atoms with Gasteiger partial charge in [0, 0.05) is 42.3 Å². The number of alkyl halides is 4. The first-order valence-corrected chi connectivity index (χ1v) is 14.0. The Kier molecular flexibility index (Phi) is 13.4. The number of nitrogens with one attached hydrogen (secondary N) is 2. The third-order valence-corrected chi connectivity index (χ3v) is 6.79. The minimum atomic E-state index is -3.34. The number of fused-ring (bicyclic) bond motifs is 1. The van der Waals surface area contributed by atoms with Gasteiger partial charge in [0.1, 0.15) is 18.6 Å². The highest BCUT2D eigenvalue weighted by Crippen LogP contribution is 2.48. The summed E-state index contributed by atoms with van der Waals surface area (Å²) in [5, 5.41) is 6.14. The zero-order valence-corrected chi connectivity index (χ0v) is 25.7. The Labute approximate surface area is 247 Å². The summed E-state index contributed by atoms with van der Waals surface area (Å²) in [6.07, 6.45) is 0. The minimum Gasteiger partial charge on any atom is -0.378 e. The number of benzene rings is 3. The molecule has 0 bridgehead atoms. The van der Waals surface area contributed by atoms with E-state index in [1.54, 1.807) is 6.92 Å². The molecule has 42 heavy (non-hydrogen) atoms. The maximum Gasteiger partial charge on any atom is 0.270 e. The van der Waals surface area contributed by atoms with Crippen LogP contribution in [0.4, 0.5) is 27.6 Å².